The van der Waals surface area contributed by atoms with E-state index in [4.69, 9.17) is 0 Å². The van der Waals surface area contributed by atoms with Crippen LogP contribution in [0.15, 0.2) is 23.8 Å². The predicted molar refractivity (Wildman–Crippen MR) is 67.3 cm³/mol. The fourth-order valence-electron chi connectivity index (χ4n) is 2.05. The summed E-state index contributed by atoms with van der Waals surface area (Å²) in [7, 11) is 0. The number of amides is 1. The first-order valence-electron chi connectivity index (χ1n) is 5.71. The molecule has 1 aromatic rings. The summed E-state index contributed by atoms with van der Waals surface area (Å²) < 4.78 is 13.3. The number of anilines is 1. The largest absolute Gasteiger partial charge is 0.301 e. The van der Waals surface area contributed by atoms with Crippen molar-refractivity contribution in [1.29, 1.82) is 0 Å². The molecule has 94 valence electrons. The fourth-order valence-corrected chi connectivity index (χ4v) is 2.05. The molecule has 1 amide bonds. The van der Waals surface area contributed by atoms with E-state index in [2.05, 4.69) is 0 Å². The Labute approximate surface area is 105 Å². The summed E-state index contributed by atoms with van der Waals surface area (Å²) in [4.78, 5) is 25.0. The lowest BCUT2D eigenvalue weighted by Crippen LogP contribution is -2.30. The monoisotopic (exact) mass is 247 g/mol. The molecule has 0 aromatic heterocycles. The Balaban J connectivity index is 2.51. The van der Waals surface area contributed by atoms with Crippen LogP contribution in [0.25, 0.3) is 0 Å². The first kappa shape index (κ1) is 12.5. The third-order valence-electron chi connectivity index (χ3n) is 2.90. The summed E-state index contributed by atoms with van der Waals surface area (Å²) in [6.07, 6.45) is 1.86. The van der Waals surface area contributed by atoms with Crippen LogP contribution < -0.4 is 4.90 Å². The Morgan fingerprint density at radius 2 is 2.00 bits per heavy atom. The molecule has 0 N–H and O–H groups in total. The van der Waals surface area contributed by atoms with Gasteiger partial charge in [-0.25, -0.2) is 4.39 Å². The molecule has 1 aliphatic rings. The van der Waals surface area contributed by atoms with Crippen molar-refractivity contribution in [1.82, 2.24) is 0 Å². The van der Waals surface area contributed by atoms with E-state index in [-0.39, 0.29) is 5.56 Å². The Hall–Kier alpha value is -1.97. The van der Waals surface area contributed by atoms with Gasteiger partial charge < -0.3 is 4.90 Å². The zero-order valence-electron chi connectivity index (χ0n) is 10.6. The zero-order valence-corrected chi connectivity index (χ0v) is 10.6. The normalized spacial score (nSPS) is 13.9. The maximum Gasteiger partial charge on any atom is 0.299 e. The number of aryl methyl sites for hydroxylation is 1. The summed E-state index contributed by atoms with van der Waals surface area (Å²) >= 11 is 0. The van der Waals surface area contributed by atoms with Crippen LogP contribution in [0.2, 0.25) is 0 Å². The Bertz CT molecular complexity index is 571. The summed E-state index contributed by atoms with van der Waals surface area (Å²) in [6, 6.07) is 2.46. The van der Waals surface area contributed by atoms with E-state index in [1.165, 1.54) is 11.0 Å². The maximum absolute atomic E-state index is 13.3. The van der Waals surface area contributed by atoms with E-state index in [1.54, 1.807) is 6.92 Å². The predicted octanol–water partition coefficient (Wildman–Crippen LogP) is 2.63. The van der Waals surface area contributed by atoms with E-state index in [0.717, 1.165) is 11.6 Å². The van der Waals surface area contributed by atoms with Crippen molar-refractivity contribution in [3.05, 3.63) is 40.7 Å². The van der Waals surface area contributed by atoms with Crippen molar-refractivity contribution in [2.75, 3.05) is 11.4 Å². The topological polar surface area (TPSA) is 37.4 Å². The lowest BCUT2D eigenvalue weighted by molar-refractivity contribution is -0.114. The molecule has 0 aliphatic carbocycles. The molecule has 0 radical (unpaired) electrons. The molecule has 2 rings (SSSR count). The van der Waals surface area contributed by atoms with Crippen LogP contribution in [0.4, 0.5) is 10.1 Å². The number of nitrogens with zero attached hydrogens (tertiary/aromatic N) is 1. The number of carbonyl (C=O) groups is 2. The number of hydrogen-bond acceptors (Lipinski definition) is 2. The minimum absolute atomic E-state index is 0.166. The number of halogens is 1. The first-order valence-corrected chi connectivity index (χ1v) is 5.71. The third-order valence-corrected chi connectivity index (χ3v) is 2.90. The van der Waals surface area contributed by atoms with Crippen molar-refractivity contribution >= 4 is 17.4 Å². The van der Waals surface area contributed by atoms with Crippen LogP contribution in [-0.2, 0) is 4.79 Å². The average molecular weight is 247 g/mol. The highest BCUT2D eigenvalue weighted by atomic mass is 19.1. The van der Waals surface area contributed by atoms with Gasteiger partial charge in [-0.1, -0.05) is 11.6 Å². The van der Waals surface area contributed by atoms with Crippen LogP contribution in [0.3, 0.4) is 0 Å². The smallest absolute Gasteiger partial charge is 0.299 e. The highest BCUT2D eigenvalue weighted by Crippen LogP contribution is 2.33. The second kappa shape index (κ2) is 4.37. The van der Waals surface area contributed by atoms with Crippen molar-refractivity contribution in [3.8, 4) is 0 Å². The number of ketones is 1. The summed E-state index contributed by atoms with van der Waals surface area (Å²) in [5.41, 5.74) is 2.36. The fraction of sp³-hybridized carbons (Fsp3) is 0.286. The number of rotatable bonds is 2. The number of hydrogen-bond donors (Lipinski definition) is 0. The second-order valence-corrected chi connectivity index (χ2v) is 4.65. The molecule has 18 heavy (non-hydrogen) atoms. The molecule has 0 spiro atoms. The minimum Gasteiger partial charge on any atom is -0.301 e. The number of benzene rings is 1. The highest BCUT2D eigenvalue weighted by Gasteiger charge is 2.36. The van der Waals surface area contributed by atoms with Crippen molar-refractivity contribution in [2.24, 2.45) is 0 Å². The van der Waals surface area contributed by atoms with Crippen molar-refractivity contribution < 1.29 is 14.0 Å². The van der Waals surface area contributed by atoms with E-state index in [9.17, 15) is 14.0 Å². The molecule has 1 heterocycles. The number of carbonyl (C=O) groups excluding carboxylic acids is 2. The Kier molecular flexibility index (Phi) is 3.03. The summed E-state index contributed by atoms with van der Waals surface area (Å²) in [5, 5.41) is 0. The van der Waals surface area contributed by atoms with Gasteiger partial charge in [-0.2, -0.15) is 0 Å². The van der Waals surface area contributed by atoms with E-state index < -0.39 is 17.5 Å². The van der Waals surface area contributed by atoms with Gasteiger partial charge in [-0.15, -0.1) is 0 Å². The van der Waals surface area contributed by atoms with Gasteiger partial charge in [0.2, 0.25) is 0 Å². The van der Waals surface area contributed by atoms with Crippen LogP contribution in [0, 0.1) is 12.7 Å². The van der Waals surface area contributed by atoms with Gasteiger partial charge in [-0.3, -0.25) is 9.59 Å². The molecule has 3 nitrogen and oxygen atoms in total. The molecular weight excluding hydrogens is 233 g/mol. The molecule has 1 aliphatic heterocycles. The van der Waals surface area contributed by atoms with Gasteiger partial charge in [0.05, 0.1) is 11.3 Å². The molecule has 0 fully saturated rings. The molecule has 0 saturated heterocycles. The standard InChI is InChI=1S/C14H14FNO2/c1-8(2)4-5-16-12-9(3)6-10(15)7-11(12)13(17)14(16)18/h4,6-7H,5H2,1-3H3. The third kappa shape index (κ3) is 1.94. The van der Waals surface area contributed by atoms with Crippen LogP contribution >= 0.6 is 0 Å². The number of fused-ring (bicyclic) bond motifs is 1. The van der Waals surface area contributed by atoms with E-state index in [1.807, 2.05) is 19.9 Å². The van der Waals surface area contributed by atoms with Crippen molar-refractivity contribution in [2.45, 2.75) is 20.8 Å². The van der Waals surface area contributed by atoms with Crippen LogP contribution in [0.5, 0.6) is 0 Å². The average Bonchev–Trinajstić information content (AvgIpc) is 2.51. The molecule has 1 aromatic carbocycles. The molecule has 4 heteroatoms. The van der Waals surface area contributed by atoms with E-state index >= 15 is 0 Å². The molecular formula is C14H14FNO2. The summed E-state index contributed by atoms with van der Waals surface area (Å²) in [6.45, 7) is 5.87. The maximum atomic E-state index is 13.3. The second-order valence-electron chi connectivity index (χ2n) is 4.65. The van der Waals surface area contributed by atoms with Gasteiger partial charge in [-0.05, 0) is 38.5 Å². The molecule has 0 bridgehead atoms. The first-order chi connectivity index (χ1) is 8.41. The van der Waals surface area contributed by atoms with Crippen molar-refractivity contribution in [3.63, 3.8) is 0 Å². The Morgan fingerprint density at radius 3 is 2.61 bits per heavy atom. The Morgan fingerprint density at radius 1 is 1.33 bits per heavy atom. The summed E-state index contributed by atoms with van der Waals surface area (Å²) in [5.74, 6) is -1.71. The molecule has 0 unspecified atom stereocenters. The lowest BCUT2D eigenvalue weighted by atomic mass is 10.1. The van der Waals surface area contributed by atoms with Crippen LogP contribution in [0.1, 0.15) is 29.8 Å². The molecule has 0 saturated carbocycles. The van der Waals surface area contributed by atoms with Gasteiger partial charge in [0.15, 0.2) is 0 Å². The van der Waals surface area contributed by atoms with Gasteiger partial charge >= 0.3 is 0 Å². The van der Waals surface area contributed by atoms with Gasteiger partial charge in [0, 0.05) is 6.54 Å². The van der Waals surface area contributed by atoms with Crippen LogP contribution in [-0.4, -0.2) is 18.2 Å². The number of allylic oxidation sites excluding steroid dienone is 1. The zero-order chi connectivity index (χ0) is 13.4. The lowest BCUT2D eigenvalue weighted by Gasteiger charge is -2.16. The molecule has 0 atom stereocenters. The quantitative estimate of drug-likeness (QED) is 0.595. The number of Topliss-reactive ketones (excluding diaryl/α,β-unsaturated/α-hetero) is 1. The van der Waals surface area contributed by atoms with E-state index in [0.29, 0.717) is 17.8 Å². The SMILES string of the molecule is CC(C)=CCN1C(=O)C(=O)c2cc(F)cc(C)c21. The highest BCUT2D eigenvalue weighted by molar-refractivity contribution is 6.52. The van der Waals surface area contributed by atoms with Gasteiger partial charge in [0.25, 0.3) is 11.7 Å². The minimum atomic E-state index is -0.630. The van der Waals surface area contributed by atoms with Gasteiger partial charge in [0.1, 0.15) is 5.82 Å².